The number of hydrogen-bond acceptors (Lipinski definition) is 1. The van der Waals surface area contributed by atoms with E-state index in [-0.39, 0.29) is 0 Å². The Bertz CT molecular complexity index is 248. The molecule has 1 heteroatoms. The third-order valence-corrected chi connectivity index (χ3v) is 5.14. The zero-order chi connectivity index (χ0) is 14.3. The van der Waals surface area contributed by atoms with E-state index in [4.69, 9.17) is 0 Å². The predicted octanol–water partition coefficient (Wildman–Crippen LogP) is 5.62. The molecule has 1 rings (SSSR count). The van der Waals surface area contributed by atoms with Crippen LogP contribution in [-0.2, 0) is 4.79 Å². The number of carbonyl (C=O) groups is 1. The van der Waals surface area contributed by atoms with Gasteiger partial charge in [0.25, 0.3) is 0 Å². The van der Waals surface area contributed by atoms with Crippen molar-refractivity contribution in [2.45, 2.75) is 85.5 Å². The lowest BCUT2D eigenvalue weighted by Crippen LogP contribution is -2.19. The maximum Gasteiger partial charge on any atom is 0.135 e. The summed E-state index contributed by atoms with van der Waals surface area (Å²) in [5, 5.41) is 0. The third kappa shape index (κ3) is 6.10. The van der Waals surface area contributed by atoms with Crippen LogP contribution in [0.2, 0.25) is 0 Å². The van der Waals surface area contributed by atoms with Gasteiger partial charge in [0.2, 0.25) is 0 Å². The molecule has 1 atom stereocenters. The average Bonchev–Trinajstić information content (AvgIpc) is 2.39. The Labute approximate surface area is 120 Å². The quantitative estimate of drug-likeness (QED) is 0.557. The van der Waals surface area contributed by atoms with Gasteiger partial charge < -0.3 is 0 Å². The maximum atomic E-state index is 11.9. The molecule has 0 aromatic carbocycles. The van der Waals surface area contributed by atoms with Crippen LogP contribution in [0.1, 0.15) is 85.5 Å². The molecule has 1 nitrogen and oxygen atoms in total. The maximum absolute atomic E-state index is 11.9. The lowest BCUT2D eigenvalue weighted by Gasteiger charge is -2.30. The van der Waals surface area contributed by atoms with Crippen molar-refractivity contribution in [2.75, 3.05) is 0 Å². The summed E-state index contributed by atoms with van der Waals surface area (Å²) in [4.78, 5) is 11.9. The number of ketones is 1. The van der Waals surface area contributed by atoms with E-state index in [2.05, 4.69) is 27.7 Å². The first-order valence-corrected chi connectivity index (χ1v) is 8.57. The average molecular weight is 266 g/mol. The summed E-state index contributed by atoms with van der Waals surface area (Å²) in [6.45, 7) is 8.98. The van der Waals surface area contributed by atoms with Crippen LogP contribution in [0.4, 0.5) is 0 Å². The lowest BCUT2D eigenvalue weighted by atomic mass is 9.75. The first-order valence-electron chi connectivity index (χ1n) is 8.57. The number of rotatable bonds is 8. The summed E-state index contributed by atoms with van der Waals surface area (Å²) in [5.74, 6) is 3.52. The van der Waals surface area contributed by atoms with Crippen LogP contribution >= 0.6 is 0 Å². The van der Waals surface area contributed by atoms with E-state index >= 15 is 0 Å². The Hall–Kier alpha value is -0.330. The van der Waals surface area contributed by atoms with Gasteiger partial charge in [0.05, 0.1) is 0 Å². The topological polar surface area (TPSA) is 17.1 Å². The minimum Gasteiger partial charge on any atom is -0.299 e. The summed E-state index contributed by atoms with van der Waals surface area (Å²) in [5.41, 5.74) is 0. The summed E-state index contributed by atoms with van der Waals surface area (Å²) >= 11 is 0. The zero-order valence-electron chi connectivity index (χ0n) is 13.6. The van der Waals surface area contributed by atoms with Gasteiger partial charge in [-0.15, -0.1) is 0 Å². The van der Waals surface area contributed by atoms with Gasteiger partial charge in [-0.2, -0.15) is 0 Å². The first kappa shape index (κ1) is 16.7. The van der Waals surface area contributed by atoms with Crippen molar-refractivity contribution in [3.63, 3.8) is 0 Å². The van der Waals surface area contributed by atoms with Gasteiger partial charge in [0, 0.05) is 12.3 Å². The van der Waals surface area contributed by atoms with Gasteiger partial charge in [-0.1, -0.05) is 53.4 Å². The minimum atomic E-state index is 0.293. The SMILES string of the molecule is CCC[C@H](C)C(=O)CCCC1CCC(C(C)C)CC1. The van der Waals surface area contributed by atoms with Crippen molar-refractivity contribution in [1.82, 2.24) is 0 Å². The van der Waals surface area contributed by atoms with E-state index in [1.54, 1.807) is 0 Å². The zero-order valence-corrected chi connectivity index (χ0v) is 13.6. The molecule has 1 saturated carbocycles. The van der Waals surface area contributed by atoms with Gasteiger partial charge in [-0.3, -0.25) is 4.79 Å². The van der Waals surface area contributed by atoms with Crippen molar-refractivity contribution in [3.8, 4) is 0 Å². The predicted molar refractivity (Wildman–Crippen MR) is 83.2 cm³/mol. The Kier molecular flexibility index (Phi) is 7.71. The molecular weight excluding hydrogens is 232 g/mol. The molecule has 0 aliphatic heterocycles. The Balaban J connectivity index is 2.12. The Morgan fingerprint density at radius 3 is 2.26 bits per heavy atom. The molecule has 0 N–H and O–H groups in total. The summed E-state index contributed by atoms with van der Waals surface area (Å²) in [6.07, 6.45) is 11.1. The number of hydrogen-bond donors (Lipinski definition) is 0. The van der Waals surface area contributed by atoms with Crippen LogP contribution < -0.4 is 0 Å². The summed E-state index contributed by atoms with van der Waals surface area (Å²) in [6, 6.07) is 0. The molecule has 0 saturated heterocycles. The minimum absolute atomic E-state index is 0.293. The van der Waals surface area contributed by atoms with Gasteiger partial charge in [-0.25, -0.2) is 0 Å². The molecule has 0 amide bonds. The number of carbonyl (C=O) groups excluding carboxylic acids is 1. The van der Waals surface area contributed by atoms with E-state index in [1.807, 2.05) is 0 Å². The molecule has 1 fully saturated rings. The highest BCUT2D eigenvalue weighted by Gasteiger charge is 2.23. The molecule has 0 unspecified atom stereocenters. The van der Waals surface area contributed by atoms with Gasteiger partial charge in [-0.05, 0) is 43.4 Å². The molecule has 0 spiro atoms. The van der Waals surface area contributed by atoms with E-state index in [0.29, 0.717) is 11.7 Å². The normalized spacial score (nSPS) is 25.5. The fourth-order valence-corrected chi connectivity index (χ4v) is 3.55. The highest BCUT2D eigenvalue weighted by atomic mass is 16.1. The van der Waals surface area contributed by atoms with E-state index in [9.17, 15) is 4.79 Å². The van der Waals surface area contributed by atoms with Crippen molar-refractivity contribution in [1.29, 1.82) is 0 Å². The van der Waals surface area contributed by atoms with Gasteiger partial charge in [0.15, 0.2) is 0 Å². The smallest absolute Gasteiger partial charge is 0.135 e. The van der Waals surface area contributed by atoms with Crippen molar-refractivity contribution in [3.05, 3.63) is 0 Å². The molecule has 19 heavy (non-hydrogen) atoms. The van der Waals surface area contributed by atoms with E-state index < -0.39 is 0 Å². The van der Waals surface area contributed by atoms with Crippen LogP contribution in [0, 0.1) is 23.7 Å². The van der Waals surface area contributed by atoms with Gasteiger partial charge in [0.1, 0.15) is 5.78 Å². The van der Waals surface area contributed by atoms with Crippen molar-refractivity contribution in [2.24, 2.45) is 23.7 Å². The molecule has 0 bridgehead atoms. The number of Topliss-reactive ketones (excluding diaryl/α,β-unsaturated/α-hetero) is 1. The highest BCUT2D eigenvalue weighted by molar-refractivity contribution is 5.80. The molecule has 112 valence electrons. The van der Waals surface area contributed by atoms with Gasteiger partial charge >= 0.3 is 0 Å². The highest BCUT2D eigenvalue weighted by Crippen LogP contribution is 2.35. The standard InChI is InChI=1S/C18H34O/c1-5-7-15(4)18(19)9-6-8-16-10-12-17(13-11-16)14(2)3/h14-17H,5-13H2,1-4H3/t15-,16?,17?/m0/s1. The monoisotopic (exact) mass is 266 g/mol. The largest absolute Gasteiger partial charge is 0.299 e. The van der Waals surface area contributed by atoms with Crippen LogP contribution in [0.3, 0.4) is 0 Å². The lowest BCUT2D eigenvalue weighted by molar-refractivity contribution is -0.122. The summed E-state index contributed by atoms with van der Waals surface area (Å²) in [7, 11) is 0. The fourth-order valence-electron chi connectivity index (χ4n) is 3.55. The molecule has 1 aliphatic carbocycles. The molecule has 1 aliphatic rings. The van der Waals surface area contributed by atoms with E-state index in [1.165, 1.54) is 32.1 Å². The summed E-state index contributed by atoms with van der Waals surface area (Å²) < 4.78 is 0. The molecule has 0 aromatic rings. The third-order valence-electron chi connectivity index (χ3n) is 5.14. The molecule has 0 heterocycles. The Morgan fingerprint density at radius 2 is 1.74 bits per heavy atom. The molecular formula is C18H34O. The van der Waals surface area contributed by atoms with Crippen molar-refractivity contribution < 1.29 is 4.79 Å². The first-order chi connectivity index (χ1) is 9.04. The van der Waals surface area contributed by atoms with Crippen LogP contribution in [0.15, 0.2) is 0 Å². The second-order valence-corrected chi connectivity index (χ2v) is 7.07. The molecule has 0 aromatic heterocycles. The van der Waals surface area contributed by atoms with E-state index in [0.717, 1.165) is 43.4 Å². The fraction of sp³-hybridized carbons (Fsp3) is 0.944. The Morgan fingerprint density at radius 1 is 1.11 bits per heavy atom. The van der Waals surface area contributed by atoms with Crippen LogP contribution in [0.5, 0.6) is 0 Å². The van der Waals surface area contributed by atoms with Crippen LogP contribution in [-0.4, -0.2) is 5.78 Å². The second-order valence-electron chi connectivity index (χ2n) is 7.07. The van der Waals surface area contributed by atoms with Crippen molar-refractivity contribution >= 4 is 5.78 Å². The van der Waals surface area contributed by atoms with Crippen LogP contribution in [0.25, 0.3) is 0 Å². The molecule has 0 radical (unpaired) electrons. The second kappa shape index (κ2) is 8.76.